The number of nitrogens with zero attached hydrogens (tertiary/aromatic N) is 2. The van der Waals surface area contributed by atoms with Crippen molar-refractivity contribution in [3.63, 3.8) is 0 Å². The fraction of sp³-hybridized carbons (Fsp3) is 0.588. The fourth-order valence-corrected chi connectivity index (χ4v) is 4.45. The van der Waals surface area contributed by atoms with Gasteiger partial charge in [0.25, 0.3) is 0 Å². The number of thioether (sulfide) groups is 1. The minimum atomic E-state index is 0.238. The predicted molar refractivity (Wildman–Crippen MR) is 86.9 cm³/mol. The van der Waals surface area contributed by atoms with Crippen LogP contribution in [0.1, 0.15) is 30.7 Å². The van der Waals surface area contributed by atoms with Crippen molar-refractivity contribution in [2.75, 3.05) is 26.4 Å². The maximum Gasteiger partial charge on any atom is 0.0667 e. The van der Waals surface area contributed by atoms with Crippen molar-refractivity contribution in [1.29, 1.82) is 5.26 Å². The van der Waals surface area contributed by atoms with Gasteiger partial charge < -0.3 is 4.90 Å². The van der Waals surface area contributed by atoms with Crippen LogP contribution in [0.15, 0.2) is 30.3 Å². The zero-order valence-corrected chi connectivity index (χ0v) is 13.3. The lowest BCUT2D eigenvalue weighted by Gasteiger charge is -2.33. The van der Waals surface area contributed by atoms with Gasteiger partial charge in [-0.1, -0.05) is 30.3 Å². The SMILES string of the molecule is CN(C)CCSC1CC(c2ccccc2)CCC1C#N. The standard InChI is InChI=1S/C17H24N2S/c1-19(2)10-11-20-17-12-15(8-9-16(17)13-18)14-6-4-3-5-7-14/h3-7,15-17H,8-12H2,1-2H3. The molecule has 3 atom stereocenters. The molecule has 108 valence electrons. The van der Waals surface area contributed by atoms with Gasteiger partial charge >= 0.3 is 0 Å². The van der Waals surface area contributed by atoms with Crippen LogP contribution in [0.2, 0.25) is 0 Å². The summed E-state index contributed by atoms with van der Waals surface area (Å²) in [7, 11) is 4.21. The first-order valence-corrected chi connectivity index (χ1v) is 8.46. The fourth-order valence-electron chi connectivity index (χ4n) is 2.88. The molecule has 1 aromatic rings. The van der Waals surface area contributed by atoms with E-state index in [-0.39, 0.29) is 5.92 Å². The summed E-state index contributed by atoms with van der Waals surface area (Å²) >= 11 is 1.99. The monoisotopic (exact) mass is 288 g/mol. The molecule has 1 aliphatic carbocycles. The van der Waals surface area contributed by atoms with Crippen LogP contribution in [0.4, 0.5) is 0 Å². The normalized spacial score (nSPS) is 26.4. The van der Waals surface area contributed by atoms with Gasteiger partial charge in [0.1, 0.15) is 0 Å². The lowest BCUT2D eigenvalue weighted by Crippen LogP contribution is -2.27. The van der Waals surface area contributed by atoms with E-state index in [1.807, 2.05) is 11.8 Å². The first-order valence-electron chi connectivity index (χ1n) is 7.41. The molecule has 2 nitrogen and oxygen atoms in total. The van der Waals surface area contributed by atoms with E-state index >= 15 is 0 Å². The highest BCUT2D eigenvalue weighted by Gasteiger charge is 2.31. The summed E-state index contributed by atoms with van der Waals surface area (Å²) in [5.41, 5.74) is 1.45. The van der Waals surface area contributed by atoms with Crippen molar-refractivity contribution in [3.8, 4) is 6.07 Å². The minimum absolute atomic E-state index is 0.238. The van der Waals surface area contributed by atoms with Gasteiger partial charge in [0, 0.05) is 17.5 Å². The molecular formula is C17H24N2S. The Morgan fingerprint density at radius 3 is 2.65 bits per heavy atom. The maximum atomic E-state index is 9.35. The molecule has 2 rings (SSSR count). The molecule has 0 heterocycles. The van der Waals surface area contributed by atoms with Crippen LogP contribution < -0.4 is 0 Å². The van der Waals surface area contributed by atoms with Gasteiger partial charge in [0.15, 0.2) is 0 Å². The number of nitriles is 1. The van der Waals surface area contributed by atoms with E-state index < -0.39 is 0 Å². The van der Waals surface area contributed by atoms with E-state index in [1.54, 1.807) is 0 Å². The van der Waals surface area contributed by atoms with Gasteiger partial charge in [-0.15, -0.1) is 0 Å². The lowest BCUT2D eigenvalue weighted by atomic mass is 9.79. The molecular weight excluding hydrogens is 264 g/mol. The van der Waals surface area contributed by atoms with Crippen LogP contribution in [-0.2, 0) is 0 Å². The highest BCUT2D eigenvalue weighted by atomic mass is 32.2. The van der Waals surface area contributed by atoms with E-state index in [9.17, 15) is 5.26 Å². The Kier molecular flexibility index (Phi) is 5.94. The van der Waals surface area contributed by atoms with E-state index in [0.717, 1.165) is 31.6 Å². The van der Waals surface area contributed by atoms with Crippen molar-refractivity contribution in [2.24, 2.45) is 5.92 Å². The van der Waals surface area contributed by atoms with Crippen molar-refractivity contribution in [3.05, 3.63) is 35.9 Å². The molecule has 20 heavy (non-hydrogen) atoms. The Labute approximate surface area is 127 Å². The Bertz CT molecular complexity index is 438. The minimum Gasteiger partial charge on any atom is -0.309 e. The molecule has 0 aromatic heterocycles. The van der Waals surface area contributed by atoms with Gasteiger partial charge in [0.2, 0.25) is 0 Å². The molecule has 1 aliphatic rings. The molecule has 0 saturated heterocycles. The quantitative estimate of drug-likeness (QED) is 0.825. The largest absolute Gasteiger partial charge is 0.309 e. The van der Waals surface area contributed by atoms with Crippen LogP contribution in [0, 0.1) is 17.2 Å². The van der Waals surface area contributed by atoms with Gasteiger partial charge in [-0.3, -0.25) is 0 Å². The second kappa shape index (κ2) is 7.71. The zero-order chi connectivity index (χ0) is 14.4. The second-order valence-electron chi connectivity index (χ2n) is 5.87. The average molecular weight is 288 g/mol. The molecule has 0 aliphatic heterocycles. The molecule has 0 spiro atoms. The number of rotatable bonds is 5. The number of hydrogen-bond acceptors (Lipinski definition) is 3. The van der Waals surface area contributed by atoms with Crippen LogP contribution in [-0.4, -0.2) is 36.5 Å². The number of hydrogen-bond donors (Lipinski definition) is 0. The molecule has 1 saturated carbocycles. The smallest absolute Gasteiger partial charge is 0.0667 e. The third kappa shape index (κ3) is 4.26. The van der Waals surface area contributed by atoms with E-state index in [0.29, 0.717) is 11.2 Å². The van der Waals surface area contributed by atoms with E-state index in [2.05, 4.69) is 55.4 Å². The molecule has 0 amide bonds. The lowest BCUT2D eigenvalue weighted by molar-refractivity contribution is 0.391. The Morgan fingerprint density at radius 2 is 2.00 bits per heavy atom. The van der Waals surface area contributed by atoms with Crippen LogP contribution in [0.25, 0.3) is 0 Å². The molecule has 0 radical (unpaired) electrons. The number of benzene rings is 1. The van der Waals surface area contributed by atoms with E-state index in [1.165, 1.54) is 5.56 Å². The third-order valence-electron chi connectivity index (χ3n) is 4.10. The summed E-state index contributed by atoms with van der Waals surface area (Å²) in [6.45, 7) is 1.09. The Morgan fingerprint density at radius 1 is 1.25 bits per heavy atom. The Hall–Kier alpha value is -0.980. The summed E-state index contributed by atoms with van der Waals surface area (Å²) in [5, 5.41) is 9.85. The average Bonchev–Trinajstić information content (AvgIpc) is 2.47. The summed E-state index contributed by atoms with van der Waals surface area (Å²) in [6, 6.07) is 13.3. The van der Waals surface area contributed by atoms with Crippen molar-refractivity contribution in [1.82, 2.24) is 4.90 Å². The third-order valence-corrected chi connectivity index (χ3v) is 5.47. The summed E-state index contributed by atoms with van der Waals surface area (Å²) in [4.78, 5) is 2.21. The van der Waals surface area contributed by atoms with Gasteiger partial charge in [-0.25, -0.2) is 0 Å². The van der Waals surface area contributed by atoms with Crippen molar-refractivity contribution >= 4 is 11.8 Å². The van der Waals surface area contributed by atoms with Crippen LogP contribution in [0.3, 0.4) is 0 Å². The van der Waals surface area contributed by atoms with Crippen LogP contribution in [0.5, 0.6) is 0 Å². The Balaban J connectivity index is 1.95. The van der Waals surface area contributed by atoms with Crippen LogP contribution >= 0.6 is 11.8 Å². The van der Waals surface area contributed by atoms with E-state index in [4.69, 9.17) is 0 Å². The summed E-state index contributed by atoms with van der Waals surface area (Å²) in [6.07, 6.45) is 3.36. The zero-order valence-electron chi connectivity index (χ0n) is 12.5. The first-order chi connectivity index (χ1) is 9.70. The first kappa shape index (κ1) is 15.4. The molecule has 0 N–H and O–H groups in total. The summed E-state index contributed by atoms with van der Waals surface area (Å²) < 4.78 is 0. The second-order valence-corrected chi connectivity index (χ2v) is 7.22. The molecule has 3 heteroatoms. The molecule has 1 aromatic carbocycles. The summed E-state index contributed by atoms with van der Waals surface area (Å²) in [5.74, 6) is 2.00. The molecule has 0 bridgehead atoms. The maximum absolute atomic E-state index is 9.35. The van der Waals surface area contributed by atoms with Gasteiger partial charge in [0.05, 0.1) is 12.0 Å². The topological polar surface area (TPSA) is 27.0 Å². The highest BCUT2D eigenvalue weighted by Crippen LogP contribution is 2.41. The van der Waals surface area contributed by atoms with Crippen molar-refractivity contribution in [2.45, 2.75) is 30.4 Å². The molecule has 3 unspecified atom stereocenters. The molecule has 1 fully saturated rings. The van der Waals surface area contributed by atoms with Gasteiger partial charge in [-0.05, 0) is 44.8 Å². The van der Waals surface area contributed by atoms with Gasteiger partial charge in [-0.2, -0.15) is 17.0 Å². The van der Waals surface area contributed by atoms with Crippen molar-refractivity contribution < 1.29 is 0 Å². The highest BCUT2D eigenvalue weighted by molar-refractivity contribution is 7.99. The predicted octanol–water partition coefficient (Wildman–Crippen LogP) is 3.76.